The van der Waals surface area contributed by atoms with Gasteiger partial charge in [-0.3, -0.25) is 4.79 Å². The Morgan fingerprint density at radius 2 is 1.94 bits per heavy atom. The molecule has 3 nitrogen and oxygen atoms in total. The van der Waals surface area contributed by atoms with Gasteiger partial charge in [-0.25, -0.2) is 0 Å². The van der Waals surface area contributed by atoms with Gasteiger partial charge in [-0.1, -0.05) is 37.3 Å². The quantitative estimate of drug-likeness (QED) is 0.823. The van der Waals surface area contributed by atoms with Crippen molar-refractivity contribution in [1.82, 2.24) is 0 Å². The van der Waals surface area contributed by atoms with Gasteiger partial charge in [0.05, 0.1) is 13.0 Å². The van der Waals surface area contributed by atoms with E-state index in [4.69, 9.17) is 10.5 Å². The van der Waals surface area contributed by atoms with Gasteiger partial charge in [0.2, 0.25) is 0 Å². The first kappa shape index (κ1) is 15.9. The Kier molecular flexibility index (Phi) is 7.59. The van der Waals surface area contributed by atoms with Crippen molar-refractivity contribution >= 4 is 18.4 Å². The Morgan fingerprint density at radius 1 is 1.35 bits per heavy atom. The highest BCUT2D eigenvalue weighted by Crippen LogP contribution is 2.15. The second-order valence-electron chi connectivity index (χ2n) is 3.89. The third kappa shape index (κ3) is 4.75. The summed E-state index contributed by atoms with van der Waals surface area (Å²) in [6.07, 6.45) is 1.41. The smallest absolute Gasteiger partial charge is 0.310 e. The van der Waals surface area contributed by atoms with Gasteiger partial charge in [-0.2, -0.15) is 0 Å². The molecule has 2 N–H and O–H groups in total. The molecule has 4 heteroatoms. The average Bonchev–Trinajstić information content (AvgIpc) is 2.35. The van der Waals surface area contributed by atoms with Crippen molar-refractivity contribution in [2.75, 3.05) is 7.11 Å². The van der Waals surface area contributed by atoms with Crippen molar-refractivity contribution in [3.63, 3.8) is 0 Å². The molecule has 0 saturated heterocycles. The molecule has 1 aromatic carbocycles. The molecule has 17 heavy (non-hydrogen) atoms. The van der Waals surface area contributed by atoms with E-state index < -0.39 is 0 Å². The highest BCUT2D eigenvalue weighted by atomic mass is 35.5. The molecule has 0 fully saturated rings. The van der Waals surface area contributed by atoms with Crippen molar-refractivity contribution in [3.05, 3.63) is 35.9 Å². The lowest BCUT2D eigenvalue weighted by Crippen LogP contribution is -2.37. The third-order valence-corrected chi connectivity index (χ3v) is 2.79. The molecule has 0 spiro atoms. The first-order valence-corrected chi connectivity index (χ1v) is 5.56. The lowest BCUT2D eigenvalue weighted by molar-refractivity contribution is -0.146. The van der Waals surface area contributed by atoms with E-state index in [2.05, 4.69) is 0 Å². The molecular formula is C13H20ClNO2. The van der Waals surface area contributed by atoms with Crippen LogP contribution in [0.25, 0.3) is 0 Å². The molecule has 0 unspecified atom stereocenters. The minimum atomic E-state index is -0.252. The number of ether oxygens (including phenoxy) is 1. The molecule has 0 aliphatic rings. The monoisotopic (exact) mass is 257 g/mol. The number of nitrogens with two attached hydrogens (primary N) is 1. The fraction of sp³-hybridized carbons (Fsp3) is 0.462. The van der Waals surface area contributed by atoms with Crippen LogP contribution < -0.4 is 5.73 Å². The minimum absolute atomic E-state index is 0. The first-order chi connectivity index (χ1) is 7.69. The van der Waals surface area contributed by atoms with Gasteiger partial charge in [0, 0.05) is 6.04 Å². The van der Waals surface area contributed by atoms with E-state index in [1.54, 1.807) is 0 Å². The van der Waals surface area contributed by atoms with Crippen LogP contribution in [0.2, 0.25) is 0 Å². The van der Waals surface area contributed by atoms with Gasteiger partial charge in [-0.05, 0) is 18.4 Å². The van der Waals surface area contributed by atoms with E-state index in [0.29, 0.717) is 6.42 Å². The van der Waals surface area contributed by atoms with Crippen LogP contribution in [-0.2, 0) is 16.0 Å². The average molecular weight is 258 g/mol. The Morgan fingerprint density at radius 3 is 2.41 bits per heavy atom. The van der Waals surface area contributed by atoms with E-state index in [9.17, 15) is 4.79 Å². The number of carbonyl (C=O) groups excluding carboxylic acids is 1. The fourth-order valence-electron chi connectivity index (χ4n) is 1.71. The van der Waals surface area contributed by atoms with Crippen LogP contribution in [0.3, 0.4) is 0 Å². The summed E-state index contributed by atoms with van der Waals surface area (Å²) < 4.78 is 4.79. The summed E-state index contributed by atoms with van der Waals surface area (Å²) in [5, 5.41) is 0. The summed E-state index contributed by atoms with van der Waals surface area (Å²) in [6.45, 7) is 1.98. The van der Waals surface area contributed by atoms with Crippen LogP contribution in [0.15, 0.2) is 30.3 Å². The molecular weight excluding hydrogens is 238 g/mol. The number of hydrogen-bond acceptors (Lipinski definition) is 3. The van der Waals surface area contributed by atoms with Gasteiger partial charge in [0.25, 0.3) is 0 Å². The van der Waals surface area contributed by atoms with Gasteiger partial charge in [0.1, 0.15) is 0 Å². The highest BCUT2D eigenvalue weighted by molar-refractivity contribution is 5.85. The van der Waals surface area contributed by atoms with Crippen LogP contribution in [0.5, 0.6) is 0 Å². The van der Waals surface area contributed by atoms with Crippen LogP contribution >= 0.6 is 12.4 Å². The first-order valence-electron chi connectivity index (χ1n) is 5.56. The normalized spacial score (nSPS) is 13.4. The number of hydrogen-bond donors (Lipinski definition) is 1. The molecule has 0 aliphatic carbocycles. The number of halogens is 1. The van der Waals surface area contributed by atoms with Crippen molar-refractivity contribution < 1.29 is 9.53 Å². The lowest BCUT2D eigenvalue weighted by Gasteiger charge is -2.20. The maximum atomic E-state index is 11.6. The number of rotatable bonds is 5. The molecule has 0 radical (unpaired) electrons. The van der Waals surface area contributed by atoms with Gasteiger partial charge in [0.15, 0.2) is 0 Å². The molecule has 0 aromatic heterocycles. The molecule has 2 atom stereocenters. The zero-order chi connectivity index (χ0) is 12.0. The summed E-state index contributed by atoms with van der Waals surface area (Å²) in [6, 6.07) is 9.72. The second-order valence-corrected chi connectivity index (χ2v) is 3.89. The Hall–Kier alpha value is -1.06. The van der Waals surface area contributed by atoms with Crippen LogP contribution in [0.1, 0.15) is 18.9 Å². The third-order valence-electron chi connectivity index (χ3n) is 2.79. The lowest BCUT2D eigenvalue weighted by atomic mass is 9.91. The summed E-state index contributed by atoms with van der Waals surface area (Å²) in [7, 11) is 1.41. The standard InChI is InChI=1S/C13H19NO2.ClH/c1-3-12(14)11(13(15)16-2)9-10-7-5-4-6-8-10;/h4-8,11-12H,3,9,14H2,1-2H3;1H/t11-,12-;/m0./s1. The van der Waals surface area contributed by atoms with E-state index in [0.717, 1.165) is 12.0 Å². The largest absolute Gasteiger partial charge is 0.469 e. The van der Waals surface area contributed by atoms with Crippen LogP contribution in [-0.4, -0.2) is 19.1 Å². The molecule has 0 bridgehead atoms. The molecule has 1 rings (SSSR count). The van der Waals surface area contributed by atoms with E-state index >= 15 is 0 Å². The number of methoxy groups -OCH3 is 1. The topological polar surface area (TPSA) is 52.3 Å². The summed E-state index contributed by atoms with van der Waals surface area (Å²) >= 11 is 0. The molecule has 0 heterocycles. The predicted molar refractivity (Wildman–Crippen MR) is 71.2 cm³/mol. The van der Waals surface area contributed by atoms with Gasteiger partial charge in [-0.15, -0.1) is 12.4 Å². The Bertz CT molecular complexity index is 329. The van der Waals surface area contributed by atoms with Crippen molar-refractivity contribution in [2.24, 2.45) is 11.7 Å². The Balaban J connectivity index is 0.00000256. The van der Waals surface area contributed by atoms with Gasteiger partial charge < -0.3 is 10.5 Å². The fourth-order valence-corrected chi connectivity index (χ4v) is 1.71. The SMILES string of the molecule is CC[C@H](N)[C@H](Cc1ccccc1)C(=O)OC.Cl. The molecule has 1 aromatic rings. The maximum Gasteiger partial charge on any atom is 0.310 e. The number of benzene rings is 1. The van der Waals surface area contributed by atoms with E-state index in [1.807, 2.05) is 37.3 Å². The number of carbonyl (C=O) groups is 1. The highest BCUT2D eigenvalue weighted by Gasteiger charge is 2.25. The summed E-state index contributed by atoms with van der Waals surface area (Å²) in [5.41, 5.74) is 7.05. The molecule has 0 saturated carbocycles. The Labute approximate surface area is 109 Å². The summed E-state index contributed by atoms with van der Waals surface area (Å²) in [5.74, 6) is -0.476. The number of esters is 1. The molecule has 96 valence electrons. The van der Waals surface area contributed by atoms with Crippen LogP contribution in [0.4, 0.5) is 0 Å². The van der Waals surface area contributed by atoms with E-state index in [1.165, 1.54) is 7.11 Å². The zero-order valence-corrected chi connectivity index (χ0v) is 11.1. The summed E-state index contributed by atoms with van der Waals surface area (Å²) in [4.78, 5) is 11.6. The maximum absolute atomic E-state index is 11.6. The van der Waals surface area contributed by atoms with Crippen molar-refractivity contribution in [2.45, 2.75) is 25.8 Å². The zero-order valence-electron chi connectivity index (χ0n) is 10.3. The van der Waals surface area contributed by atoms with Crippen LogP contribution in [0, 0.1) is 5.92 Å². The predicted octanol–water partition coefficient (Wildman–Crippen LogP) is 2.18. The second kappa shape index (κ2) is 8.09. The minimum Gasteiger partial charge on any atom is -0.469 e. The molecule has 0 aliphatic heterocycles. The van der Waals surface area contributed by atoms with Crippen molar-refractivity contribution in [1.29, 1.82) is 0 Å². The van der Waals surface area contributed by atoms with Crippen molar-refractivity contribution in [3.8, 4) is 0 Å². The molecule has 0 amide bonds. The van der Waals surface area contributed by atoms with E-state index in [-0.39, 0.29) is 30.3 Å². The van der Waals surface area contributed by atoms with Gasteiger partial charge >= 0.3 is 5.97 Å².